The first-order chi connectivity index (χ1) is 6.72. The van der Waals surface area contributed by atoms with Gasteiger partial charge >= 0.3 is 5.97 Å². The lowest BCUT2D eigenvalue weighted by Crippen LogP contribution is -2.14. The van der Waals surface area contributed by atoms with Crippen LogP contribution in [-0.2, 0) is 14.3 Å². The molecule has 3 heteroatoms. The fraction of sp³-hybridized carbons (Fsp3) is 0.909. The molecular weight excluding hydrogens is 180 g/mol. The molecule has 3 nitrogen and oxygen atoms in total. The van der Waals surface area contributed by atoms with E-state index in [-0.39, 0.29) is 11.9 Å². The third kappa shape index (κ3) is 6.89. The summed E-state index contributed by atoms with van der Waals surface area (Å²) in [5, 5.41) is 0. The Hall–Kier alpha value is -0.570. The molecule has 0 aliphatic rings. The van der Waals surface area contributed by atoms with Crippen LogP contribution in [0.5, 0.6) is 0 Å². The Morgan fingerprint density at radius 2 is 1.86 bits per heavy atom. The highest BCUT2D eigenvalue weighted by Gasteiger charge is 2.10. The molecule has 84 valence electrons. The predicted molar refractivity (Wildman–Crippen MR) is 56.1 cm³/mol. The van der Waals surface area contributed by atoms with Crippen molar-refractivity contribution in [3.8, 4) is 0 Å². The van der Waals surface area contributed by atoms with E-state index in [9.17, 15) is 4.79 Å². The first-order valence-electron chi connectivity index (χ1n) is 5.46. The van der Waals surface area contributed by atoms with Crippen molar-refractivity contribution < 1.29 is 14.3 Å². The fourth-order valence-corrected chi connectivity index (χ4v) is 0.932. The van der Waals surface area contributed by atoms with Gasteiger partial charge in [-0.05, 0) is 26.2 Å². The lowest BCUT2D eigenvalue weighted by atomic mass is 10.1. The number of hydrogen-bond acceptors (Lipinski definition) is 3. The van der Waals surface area contributed by atoms with Crippen molar-refractivity contribution >= 4 is 5.97 Å². The minimum absolute atomic E-state index is 0.0295. The van der Waals surface area contributed by atoms with Crippen LogP contribution in [0.4, 0.5) is 0 Å². The van der Waals surface area contributed by atoms with E-state index in [1.807, 2.05) is 20.8 Å². The highest BCUT2D eigenvalue weighted by molar-refractivity contribution is 5.71. The molecule has 0 fully saturated rings. The lowest BCUT2D eigenvalue weighted by Gasteiger charge is -2.08. The maximum atomic E-state index is 11.2. The van der Waals surface area contributed by atoms with E-state index in [1.165, 1.54) is 0 Å². The molecule has 0 aromatic carbocycles. The Balaban J connectivity index is 3.23. The van der Waals surface area contributed by atoms with Crippen molar-refractivity contribution in [2.45, 2.75) is 40.0 Å². The van der Waals surface area contributed by atoms with Crippen molar-refractivity contribution in [3.63, 3.8) is 0 Å². The summed E-state index contributed by atoms with van der Waals surface area (Å²) in [6, 6.07) is 0. The van der Waals surface area contributed by atoms with E-state index in [2.05, 4.69) is 0 Å². The zero-order valence-electron chi connectivity index (χ0n) is 9.54. The Labute approximate surface area is 86.8 Å². The third-order valence-electron chi connectivity index (χ3n) is 2.15. The van der Waals surface area contributed by atoms with Crippen LogP contribution in [-0.4, -0.2) is 25.8 Å². The van der Waals surface area contributed by atoms with Gasteiger partial charge in [-0.3, -0.25) is 4.79 Å². The van der Waals surface area contributed by atoms with Crippen molar-refractivity contribution in [1.29, 1.82) is 0 Å². The largest absolute Gasteiger partial charge is 0.465 e. The second-order valence-electron chi connectivity index (χ2n) is 3.38. The van der Waals surface area contributed by atoms with E-state index in [0.717, 1.165) is 32.5 Å². The summed E-state index contributed by atoms with van der Waals surface area (Å²) in [5.74, 6) is -0.0502. The average molecular weight is 202 g/mol. The molecule has 1 atom stereocenters. The summed E-state index contributed by atoms with van der Waals surface area (Å²) in [6.45, 7) is 7.90. The lowest BCUT2D eigenvalue weighted by molar-refractivity contribution is -0.148. The molecule has 0 saturated carbocycles. The molecule has 0 aromatic rings. The van der Waals surface area contributed by atoms with Crippen LogP contribution in [0.2, 0.25) is 0 Å². The minimum atomic E-state index is -0.0797. The first kappa shape index (κ1) is 13.4. The van der Waals surface area contributed by atoms with Gasteiger partial charge in [-0.2, -0.15) is 0 Å². The molecule has 0 aliphatic carbocycles. The minimum Gasteiger partial charge on any atom is -0.465 e. The Morgan fingerprint density at radius 1 is 1.21 bits per heavy atom. The van der Waals surface area contributed by atoms with Crippen molar-refractivity contribution in [3.05, 3.63) is 0 Å². The normalized spacial score (nSPS) is 12.5. The van der Waals surface area contributed by atoms with E-state index in [4.69, 9.17) is 9.47 Å². The van der Waals surface area contributed by atoms with E-state index in [0.29, 0.717) is 6.61 Å². The van der Waals surface area contributed by atoms with Gasteiger partial charge in [0.25, 0.3) is 0 Å². The number of esters is 1. The van der Waals surface area contributed by atoms with Gasteiger partial charge in [0.2, 0.25) is 0 Å². The SMILES string of the molecule is CCOCCCCOC(=O)C(C)CC. The number of rotatable bonds is 8. The Bertz CT molecular complexity index is 145. The van der Waals surface area contributed by atoms with Gasteiger partial charge in [0.05, 0.1) is 12.5 Å². The van der Waals surface area contributed by atoms with Crippen LogP contribution in [0.1, 0.15) is 40.0 Å². The molecule has 14 heavy (non-hydrogen) atoms. The van der Waals surface area contributed by atoms with Crippen molar-refractivity contribution in [1.82, 2.24) is 0 Å². The third-order valence-corrected chi connectivity index (χ3v) is 2.15. The molecule has 0 aromatic heterocycles. The van der Waals surface area contributed by atoms with Gasteiger partial charge in [0, 0.05) is 13.2 Å². The molecule has 0 amide bonds. The van der Waals surface area contributed by atoms with E-state index < -0.39 is 0 Å². The molecule has 0 spiro atoms. The smallest absolute Gasteiger partial charge is 0.308 e. The quantitative estimate of drug-likeness (QED) is 0.448. The number of carbonyl (C=O) groups is 1. The van der Waals surface area contributed by atoms with Gasteiger partial charge in [0.1, 0.15) is 0 Å². The molecule has 1 unspecified atom stereocenters. The maximum Gasteiger partial charge on any atom is 0.308 e. The highest BCUT2D eigenvalue weighted by atomic mass is 16.5. The van der Waals surface area contributed by atoms with Gasteiger partial charge < -0.3 is 9.47 Å². The molecule has 0 rings (SSSR count). The van der Waals surface area contributed by atoms with Gasteiger partial charge in [-0.1, -0.05) is 13.8 Å². The number of ether oxygens (including phenoxy) is 2. The van der Waals surface area contributed by atoms with Crippen LogP contribution in [0.25, 0.3) is 0 Å². The molecular formula is C11H22O3. The van der Waals surface area contributed by atoms with Crippen LogP contribution >= 0.6 is 0 Å². The predicted octanol–water partition coefficient (Wildman–Crippen LogP) is 2.39. The average Bonchev–Trinajstić information content (AvgIpc) is 2.21. The number of carbonyl (C=O) groups excluding carboxylic acids is 1. The van der Waals surface area contributed by atoms with Gasteiger partial charge in [0.15, 0.2) is 0 Å². The molecule has 0 radical (unpaired) electrons. The summed E-state index contributed by atoms with van der Waals surface area (Å²) in [4.78, 5) is 11.2. The molecule has 0 aliphatic heterocycles. The molecule has 0 N–H and O–H groups in total. The molecule has 0 bridgehead atoms. The van der Waals surface area contributed by atoms with Crippen LogP contribution in [0, 0.1) is 5.92 Å². The topological polar surface area (TPSA) is 35.5 Å². The molecule has 0 heterocycles. The number of unbranched alkanes of at least 4 members (excludes halogenated alkanes) is 1. The fourth-order valence-electron chi connectivity index (χ4n) is 0.932. The number of hydrogen-bond donors (Lipinski definition) is 0. The second kappa shape index (κ2) is 9.00. The van der Waals surface area contributed by atoms with E-state index in [1.54, 1.807) is 0 Å². The first-order valence-corrected chi connectivity index (χ1v) is 5.46. The van der Waals surface area contributed by atoms with Crippen molar-refractivity contribution in [2.24, 2.45) is 5.92 Å². The van der Waals surface area contributed by atoms with Crippen LogP contribution in [0.15, 0.2) is 0 Å². The monoisotopic (exact) mass is 202 g/mol. The van der Waals surface area contributed by atoms with Gasteiger partial charge in [-0.15, -0.1) is 0 Å². The van der Waals surface area contributed by atoms with Crippen molar-refractivity contribution in [2.75, 3.05) is 19.8 Å². The second-order valence-corrected chi connectivity index (χ2v) is 3.38. The zero-order chi connectivity index (χ0) is 10.8. The summed E-state index contributed by atoms with van der Waals surface area (Å²) < 4.78 is 10.2. The van der Waals surface area contributed by atoms with Crippen LogP contribution < -0.4 is 0 Å². The Kier molecular flexibility index (Phi) is 8.64. The highest BCUT2D eigenvalue weighted by Crippen LogP contribution is 2.03. The Morgan fingerprint density at radius 3 is 2.43 bits per heavy atom. The van der Waals surface area contributed by atoms with Gasteiger partial charge in [-0.25, -0.2) is 0 Å². The van der Waals surface area contributed by atoms with E-state index >= 15 is 0 Å². The summed E-state index contributed by atoms with van der Waals surface area (Å²) in [5.41, 5.74) is 0. The molecule has 0 saturated heterocycles. The summed E-state index contributed by atoms with van der Waals surface area (Å²) in [6.07, 6.45) is 2.70. The maximum absolute atomic E-state index is 11.2. The van der Waals surface area contributed by atoms with Crippen LogP contribution in [0.3, 0.4) is 0 Å². The summed E-state index contributed by atoms with van der Waals surface area (Å²) in [7, 11) is 0. The summed E-state index contributed by atoms with van der Waals surface area (Å²) >= 11 is 0. The zero-order valence-corrected chi connectivity index (χ0v) is 9.54. The standard InChI is InChI=1S/C11H22O3/c1-4-10(3)11(12)14-9-7-6-8-13-5-2/h10H,4-9H2,1-3H3.